The summed E-state index contributed by atoms with van der Waals surface area (Å²) in [6, 6.07) is 18.7. The first-order valence-corrected chi connectivity index (χ1v) is 6.47. The lowest BCUT2D eigenvalue weighted by Gasteiger charge is -2.27. The van der Waals surface area contributed by atoms with Crippen LogP contribution < -0.4 is 5.73 Å². The molecule has 19 heavy (non-hydrogen) atoms. The molecular weight excluding hydrogens is 238 g/mol. The summed E-state index contributed by atoms with van der Waals surface area (Å²) in [6.45, 7) is 0.969. The van der Waals surface area contributed by atoms with E-state index in [1.54, 1.807) is 0 Å². The molecule has 0 spiro atoms. The fraction of sp³-hybridized carbons (Fsp3) is 0.250. The van der Waals surface area contributed by atoms with Gasteiger partial charge in [-0.3, -0.25) is 0 Å². The molecule has 1 aliphatic heterocycles. The van der Waals surface area contributed by atoms with Crippen LogP contribution in [0.25, 0.3) is 11.1 Å². The van der Waals surface area contributed by atoms with Crippen molar-refractivity contribution in [2.75, 3.05) is 13.2 Å². The van der Waals surface area contributed by atoms with Crippen LogP contribution in [0.4, 0.5) is 0 Å². The van der Waals surface area contributed by atoms with Crippen molar-refractivity contribution in [3.05, 3.63) is 60.2 Å². The van der Waals surface area contributed by atoms with Gasteiger partial charge < -0.3 is 15.2 Å². The van der Waals surface area contributed by atoms with Crippen LogP contribution in [-0.4, -0.2) is 19.4 Å². The maximum atomic E-state index is 5.67. The highest BCUT2D eigenvalue weighted by Crippen LogP contribution is 2.25. The van der Waals surface area contributed by atoms with E-state index in [4.69, 9.17) is 15.2 Å². The molecule has 1 aliphatic rings. The molecular formula is C16H17NO2. The predicted octanol–water partition coefficient (Wildman–Crippen LogP) is 2.73. The van der Waals surface area contributed by atoms with Crippen LogP contribution in [0.2, 0.25) is 0 Å². The van der Waals surface area contributed by atoms with Crippen LogP contribution in [0.3, 0.4) is 0 Å². The van der Waals surface area contributed by atoms with Gasteiger partial charge in [-0.1, -0.05) is 54.6 Å². The molecule has 2 unspecified atom stereocenters. The second-order valence-corrected chi connectivity index (χ2v) is 4.68. The molecule has 0 bridgehead atoms. The molecule has 0 radical (unpaired) electrons. The van der Waals surface area contributed by atoms with E-state index in [9.17, 15) is 0 Å². The van der Waals surface area contributed by atoms with Gasteiger partial charge in [0.15, 0.2) is 0 Å². The van der Waals surface area contributed by atoms with E-state index < -0.39 is 0 Å². The van der Waals surface area contributed by atoms with Crippen LogP contribution in [0, 0.1) is 0 Å². The highest BCUT2D eigenvalue weighted by molar-refractivity contribution is 5.63. The van der Waals surface area contributed by atoms with E-state index in [1.165, 1.54) is 11.1 Å². The fourth-order valence-electron chi connectivity index (χ4n) is 2.23. The van der Waals surface area contributed by atoms with Crippen molar-refractivity contribution in [1.29, 1.82) is 0 Å². The molecule has 0 aromatic heterocycles. The molecule has 2 N–H and O–H groups in total. The maximum absolute atomic E-state index is 5.67. The molecule has 2 aromatic rings. The van der Waals surface area contributed by atoms with Crippen LogP contribution >= 0.6 is 0 Å². The molecule has 0 amide bonds. The molecule has 1 heterocycles. The van der Waals surface area contributed by atoms with Crippen molar-refractivity contribution in [3.8, 4) is 11.1 Å². The van der Waals surface area contributed by atoms with Gasteiger partial charge in [0.2, 0.25) is 0 Å². The molecule has 3 nitrogen and oxygen atoms in total. The van der Waals surface area contributed by atoms with Gasteiger partial charge in [0.25, 0.3) is 0 Å². The third-order valence-corrected chi connectivity index (χ3v) is 3.31. The fourth-order valence-corrected chi connectivity index (χ4v) is 2.23. The van der Waals surface area contributed by atoms with Crippen molar-refractivity contribution in [2.24, 2.45) is 5.73 Å². The van der Waals surface area contributed by atoms with Gasteiger partial charge in [-0.2, -0.15) is 0 Å². The highest BCUT2D eigenvalue weighted by Gasteiger charge is 2.20. The van der Waals surface area contributed by atoms with E-state index in [0.717, 1.165) is 5.56 Å². The van der Waals surface area contributed by atoms with Crippen molar-refractivity contribution in [1.82, 2.24) is 0 Å². The summed E-state index contributed by atoms with van der Waals surface area (Å²) in [5, 5.41) is 0. The average molecular weight is 255 g/mol. The van der Waals surface area contributed by atoms with Crippen LogP contribution in [0.15, 0.2) is 54.6 Å². The predicted molar refractivity (Wildman–Crippen MR) is 74.5 cm³/mol. The first-order valence-electron chi connectivity index (χ1n) is 6.47. The maximum Gasteiger partial charge on any atom is 0.129 e. The minimum Gasteiger partial charge on any atom is -0.367 e. The smallest absolute Gasteiger partial charge is 0.129 e. The molecule has 2 atom stereocenters. The molecule has 0 saturated carbocycles. The van der Waals surface area contributed by atoms with E-state index in [-0.39, 0.29) is 12.3 Å². The van der Waals surface area contributed by atoms with Gasteiger partial charge in [-0.15, -0.1) is 0 Å². The minimum atomic E-state index is -0.292. The van der Waals surface area contributed by atoms with E-state index in [0.29, 0.717) is 13.2 Å². The van der Waals surface area contributed by atoms with Gasteiger partial charge in [0.05, 0.1) is 13.2 Å². The zero-order chi connectivity index (χ0) is 13.1. The second-order valence-electron chi connectivity index (χ2n) is 4.68. The number of hydrogen-bond donors (Lipinski definition) is 1. The molecule has 3 rings (SSSR count). The Balaban J connectivity index is 1.76. The van der Waals surface area contributed by atoms with Crippen molar-refractivity contribution in [2.45, 2.75) is 12.3 Å². The summed E-state index contributed by atoms with van der Waals surface area (Å²) < 4.78 is 11.1. The standard InChI is InChI=1S/C16H17NO2/c17-16-11-18-15(10-19-16)14-8-6-13(7-9-14)12-4-2-1-3-5-12/h1-9,15-16H,10-11,17H2. The van der Waals surface area contributed by atoms with Crippen molar-refractivity contribution >= 4 is 0 Å². The molecule has 1 fully saturated rings. The summed E-state index contributed by atoms with van der Waals surface area (Å²) in [6.07, 6.45) is -0.301. The highest BCUT2D eigenvalue weighted by atomic mass is 16.6. The summed E-state index contributed by atoms with van der Waals surface area (Å²) in [4.78, 5) is 0. The normalized spacial score (nSPS) is 23.2. The second kappa shape index (κ2) is 5.53. The van der Waals surface area contributed by atoms with E-state index in [2.05, 4.69) is 36.4 Å². The van der Waals surface area contributed by atoms with Gasteiger partial charge in [-0.05, 0) is 16.7 Å². The number of hydrogen-bond acceptors (Lipinski definition) is 3. The molecule has 98 valence electrons. The van der Waals surface area contributed by atoms with Crippen molar-refractivity contribution in [3.63, 3.8) is 0 Å². The first kappa shape index (κ1) is 12.4. The van der Waals surface area contributed by atoms with E-state index in [1.807, 2.05) is 18.2 Å². The Morgan fingerprint density at radius 3 is 2.11 bits per heavy atom. The number of ether oxygens (including phenoxy) is 2. The topological polar surface area (TPSA) is 44.5 Å². The summed E-state index contributed by atoms with van der Waals surface area (Å²) in [5.74, 6) is 0. The van der Waals surface area contributed by atoms with Gasteiger partial charge >= 0.3 is 0 Å². The third-order valence-electron chi connectivity index (χ3n) is 3.31. The quantitative estimate of drug-likeness (QED) is 0.897. The lowest BCUT2D eigenvalue weighted by molar-refractivity contribution is -0.132. The Labute approximate surface area is 113 Å². The first-order chi connectivity index (χ1) is 9.33. The van der Waals surface area contributed by atoms with Gasteiger partial charge in [0, 0.05) is 0 Å². The Kier molecular flexibility index (Phi) is 3.60. The summed E-state index contributed by atoms with van der Waals surface area (Å²) >= 11 is 0. The number of rotatable bonds is 2. The Morgan fingerprint density at radius 1 is 0.789 bits per heavy atom. The minimum absolute atomic E-state index is 0.00961. The lowest BCUT2D eigenvalue weighted by Crippen LogP contribution is -2.37. The Hall–Kier alpha value is -1.68. The monoisotopic (exact) mass is 255 g/mol. The van der Waals surface area contributed by atoms with Gasteiger partial charge in [-0.25, -0.2) is 0 Å². The zero-order valence-electron chi connectivity index (χ0n) is 10.7. The number of benzene rings is 2. The molecule has 0 aliphatic carbocycles. The Morgan fingerprint density at radius 2 is 1.47 bits per heavy atom. The Bertz CT molecular complexity index is 516. The average Bonchev–Trinajstić information content (AvgIpc) is 2.49. The van der Waals surface area contributed by atoms with Crippen LogP contribution in [-0.2, 0) is 9.47 Å². The van der Waals surface area contributed by atoms with Crippen LogP contribution in [0.1, 0.15) is 11.7 Å². The lowest BCUT2D eigenvalue weighted by atomic mass is 10.0. The molecule has 3 heteroatoms. The van der Waals surface area contributed by atoms with Crippen LogP contribution in [0.5, 0.6) is 0 Å². The molecule has 1 saturated heterocycles. The van der Waals surface area contributed by atoms with Gasteiger partial charge in [0.1, 0.15) is 12.3 Å². The molecule has 2 aromatic carbocycles. The number of nitrogens with two attached hydrogens (primary N) is 1. The third kappa shape index (κ3) is 2.84. The van der Waals surface area contributed by atoms with Crippen molar-refractivity contribution < 1.29 is 9.47 Å². The van der Waals surface area contributed by atoms with E-state index >= 15 is 0 Å². The zero-order valence-corrected chi connectivity index (χ0v) is 10.7. The SMILES string of the molecule is NC1COC(c2ccc(-c3ccccc3)cc2)CO1. The summed E-state index contributed by atoms with van der Waals surface area (Å²) in [5.41, 5.74) is 9.18. The summed E-state index contributed by atoms with van der Waals surface area (Å²) in [7, 11) is 0. The largest absolute Gasteiger partial charge is 0.367 e.